The lowest BCUT2D eigenvalue weighted by Gasteiger charge is -2.20. The SMILES string of the molecule is COCC(Sc1c(Cl)ccc2c1CCNCC2)c1ccccc1. The number of benzene rings is 2. The zero-order chi connectivity index (χ0) is 16.1. The Kier molecular flexibility index (Phi) is 6.01. The number of thioether (sulfide) groups is 1. The highest BCUT2D eigenvalue weighted by Crippen LogP contribution is 2.42. The number of nitrogens with one attached hydrogen (secondary N) is 1. The third-order valence-electron chi connectivity index (χ3n) is 4.18. The van der Waals surface area contributed by atoms with Gasteiger partial charge in [0.15, 0.2) is 0 Å². The summed E-state index contributed by atoms with van der Waals surface area (Å²) in [6.07, 6.45) is 2.10. The molecule has 2 aromatic carbocycles. The molecule has 0 aliphatic carbocycles. The molecule has 0 bridgehead atoms. The van der Waals surface area contributed by atoms with E-state index < -0.39 is 0 Å². The Balaban J connectivity index is 1.94. The van der Waals surface area contributed by atoms with Crippen LogP contribution in [0.4, 0.5) is 0 Å². The standard InChI is InChI=1S/C19H22ClNOS/c1-22-13-18(15-5-3-2-4-6-15)23-19-16-10-12-21-11-9-14(16)7-8-17(19)20/h2-8,18,21H,9-13H2,1H3. The average molecular weight is 348 g/mol. The fraction of sp³-hybridized carbons (Fsp3) is 0.368. The second-order valence-electron chi connectivity index (χ2n) is 5.74. The van der Waals surface area contributed by atoms with Gasteiger partial charge in [0, 0.05) is 12.0 Å². The molecule has 1 atom stereocenters. The molecule has 0 spiro atoms. The van der Waals surface area contributed by atoms with Crippen LogP contribution in [-0.4, -0.2) is 26.8 Å². The van der Waals surface area contributed by atoms with E-state index in [9.17, 15) is 0 Å². The van der Waals surface area contributed by atoms with E-state index in [1.807, 2.05) is 23.9 Å². The summed E-state index contributed by atoms with van der Waals surface area (Å²) in [4.78, 5) is 1.22. The molecule has 1 aliphatic rings. The lowest BCUT2D eigenvalue weighted by Crippen LogP contribution is -2.16. The minimum atomic E-state index is 0.251. The van der Waals surface area contributed by atoms with Crippen LogP contribution in [0.1, 0.15) is 21.9 Å². The third kappa shape index (κ3) is 4.10. The second-order valence-corrected chi connectivity index (χ2v) is 7.36. The third-order valence-corrected chi connectivity index (χ3v) is 6.00. The molecule has 0 saturated heterocycles. The normalized spacial score (nSPS) is 15.7. The van der Waals surface area contributed by atoms with Crippen molar-refractivity contribution in [3.05, 3.63) is 64.2 Å². The van der Waals surface area contributed by atoms with Gasteiger partial charge >= 0.3 is 0 Å². The van der Waals surface area contributed by atoms with E-state index >= 15 is 0 Å². The molecule has 1 unspecified atom stereocenters. The molecule has 23 heavy (non-hydrogen) atoms. The fourth-order valence-corrected chi connectivity index (χ4v) is 4.65. The van der Waals surface area contributed by atoms with Gasteiger partial charge in [0.25, 0.3) is 0 Å². The molecule has 0 aromatic heterocycles. The van der Waals surface area contributed by atoms with Gasteiger partial charge in [0.1, 0.15) is 0 Å². The van der Waals surface area contributed by atoms with Crippen molar-refractivity contribution in [2.75, 3.05) is 26.8 Å². The molecule has 1 heterocycles. The van der Waals surface area contributed by atoms with E-state index in [0.29, 0.717) is 6.61 Å². The Morgan fingerprint density at radius 2 is 1.91 bits per heavy atom. The number of rotatable bonds is 5. The molecule has 3 rings (SSSR count). The minimum absolute atomic E-state index is 0.251. The van der Waals surface area contributed by atoms with E-state index in [1.165, 1.54) is 21.6 Å². The summed E-state index contributed by atoms with van der Waals surface area (Å²) in [5.74, 6) is 0. The molecule has 2 aromatic rings. The Morgan fingerprint density at radius 3 is 2.70 bits per heavy atom. The van der Waals surface area contributed by atoms with Crippen molar-refractivity contribution in [2.24, 2.45) is 0 Å². The highest BCUT2D eigenvalue weighted by molar-refractivity contribution is 7.99. The zero-order valence-corrected chi connectivity index (χ0v) is 14.9. The monoisotopic (exact) mass is 347 g/mol. The van der Waals surface area contributed by atoms with Crippen LogP contribution in [0.2, 0.25) is 5.02 Å². The molecule has 1 N–H and O–H groups in total. The van der Waals surface area contributed by atoms with Gasteiger partial charge in [0.2, 0.25) is 0 Å². The zero-order valence-electron chi connectivity index (χ0n) is 13.3. The first-order chi connectivity index (χ1) is 11.3. The Hall–Kier alpha value is -1.00. The van der Waals surface area contributed by atoms with Gasteiger partial charge in [-0.2, -0.15) is 0 Å². The topological polar surface area (TPSA) is 21.3 Å². The highest BCUT2D eigenvalue weighted by atomic mass is 35.5. The van der Waals surface area contributed by atoms with Gasteiger partial charge in [0.05, 0.1) is 16.9 Å². The van der Waals surface area contributed by atoms with E-state index in [0.717, 1.165) is 31.0 Å². The largest absolute Gasteiger partial charge is 0.383 e. The smallest absolute Gasteiger partial charge is 0.0625 e. The van der Waals surface area contributed by atoms with Crippen LogP contribution in [0.3, 0.4) is 0 Å². The molecule has 0 saturated carbocycles. The van der Waals surface area contributed by atoms with Gasteiger partial charge < -0.3 is 10.1 Å². The number of fused-ring (bicyclic) bond motifs is 1. The molecule has 4 heteroatoms. The first-order valence-electron chi connectivity index (χ1n) is 8.01. The predicted molar refractivity (Wildman–Crippen MR) is 98.6 cm³/mol. The average Bonchev–Trinajstić information content (AvgIpc) is 2.83. The summed E-state index contributed by atoms with van der Waals surface area (Å²) in [5.41, 5.74) is 4.11. The van der Waals surface area contributed by atoms with Crippen LogP contribution >= 0.6 is 23.4 Å². The summed E-state index contributed by atoms with van der Waals surface area (Å²) >= 11 is 8.40. The van der Waals surface area contributed by atoms with Crippen LogP contribution in [0.25, 0.3) is 0 Å². The van der Waals surface area contributed by atoms with Crippen molar-refractivity contribution < 1.29 is 4.74 Å². The molecule has 1 aliphatic heterocycles. The molecule has 0 fully saturated rings. The number of halogens is 1. The van der Waals surface area contributed by atoms with Crippen molar-refractivity contribution in [1.29, 1.82) is 0 Å². The first kappa shape index (κ1) is 16.8. The van der Waals surface area contributed by atoms with Crippen LogP contribution < -0.4 is 5.32 Å². The first-order valence-corrected chi connectivity index (χ1v) is 9.27. The second kappa shape index (κ2) is 8.20. The van der Waals surface area contributed by atoms with Gasteiger partial charge in [-0.3, -0.25) is 0 Å². The molecule has 0 radical (unpaired) electrons. The lowest BCUT2D eigenvalue weighted by molar-refractivity contribution is 0.200. The Morgan fingerprint density at radius 1 is 1.13 bits per heavy atom. The van der Waals surface area contributed by atoms with Crippen LogP contribution in [0.15, 0.2) is 47.4 Å². The lowest BCUT2D eigenvalue weighted by atomic mass is 10.0. The summed E-state index contributed by atoms with van der Waals surface area (Å²) in [7, 11) is 1.76. The highest BCUT2D eigenvalue weighted by Gasteiger charge is 2.20. The fourth-order valence-electron chi connectivity index (χ4n) is 3.00. The Bertz CT molecular complexity index is 647. The molecule has 0 amide bonds. The quantitative estimate of drug-likeness (QED) is 0.804. The maximum absolute atomic E-state index is 6.56. The molecule has 2 nitrogen and oxygen atoms in total. The van der Waals surface area contributed by atoms with Gasteiger partial charge in [-0.25, -0.2) is 0 Å². The summed E-state index contributed by atoms with van der Waals surface area (Å²) in [6, 6.07) is 14.8. The molecule has 122 valence electrons. The number of ether oxygens (including phenoxy) is 1. The van der Waals surface area contributed by atoms with Gasteiger partial charge in [-0.15, -0.1) is 11.8 Å². The van der Waals surface area contributed by atoms with Crippen molar-refractivity contribution in [3.8, 4) is 0 Å². The maximum Gasteiger partial charge on any atom is 0.0625 e. The summed E-state index contributed by atoms with van der Waals surface area (Å²) in [6.45, 7) is 2.73. The van der Waals surface area contributed by atoms with Crippen molar-refractivity contribution >= 4 is 23.4 Å². The van der Waals surface area contributed by atoms with Crippen molar-refractivity contribution in [3.63, 3.8) is 0 Å². The van der Waals surface area contributed by atoms with E-state index in [1.54, 1.807) is 7.11 Å². The van der Waals surface area contributed by atoms with Crippen LogP contribution in [0.5, 0.6) is 0 Å². The summed E-state index contributed by atoms with van der Waals surface area (Å²) < 4.78 is 5.46. The minimum Gasteiger partial charge on any atom is -0.383 e. The molecular formula is C19H22ClNOS. The Labute approximate surface area is 147 Å². The predicted octanol–water partition coefficient (Wildman–Crippen LogP) is 4.51. The molecular weight excluding hydrogens is 326 g/mol. The van der Waals surface area contributed by atoms with Crippen molar-refractivity contribution in [1.82, 2.24) is 5.32 Å². The van der Waals surface area contributed by atoms with Crippen LogP contribution in [0, 0.1) is 0 Å². The van der Waals surface area contributed by atoms with Crippen molar-refractivity contribution in [2.45, 2.75) is 23.0 Å². The van der Waals surface area contributed by atoms with E-state index in [4.69, 9.17) is 16.3 Å². The van der Waals surface area contributed by atoms with Gasteiger partial charge in [-0.05, 0) is 48.7 Å². The van der Waals surface area contributed by atoms with Gasteiger partial charge in [-0.1, -0.05) is 48.0 Å². The summed E-state index contributed by atoms with van der Waals surface area (Å²) in [5, 5.41) is 4.58. The maximum atomic E-state index is 6.56. The van der Waals surface area contributed by atoms with E-state index in [2.05, 4.69) is 35.6 Å². The van der Waals surface area contributed by atoms with Crippen LogP contribution in [-0.2, 0) is 17.6 Å². The number of hydrogen-bond donors (Lipinski definition) is 1. The van der Waals surface area contributed by atoms with E-state index in [-0.39, 0.29) is 5.25 Å². The number of methoxy groups -OCH3 is 1. The number of hydrogen-bond acceptors (Lipinski definition) is 3.